The molecule has 1 saturated carbocycles. The Morgan fingerprint density at radius 3 is 2.61 bits per heavy atom. The first-order valence-corrected chi connectivity index (χ1v) is 6.79. The van der Waals surface area contributed by atoms with Crippen LogP contribution in [0, 0.1) is 11.7 Å². The molecule has 1 fully saturated rings. The predicted octanol–water partition coefficient (Wildman–Crippen LogP) is 4.01. The average molecular weight is 317 g/mol. The van der Waals surface area contributed by atoms with Crippen molar-refractivity contribution in [3.05, 3.63) is 28.5 Å². The smallest absolute Gasteiger partial charge is 0.287 e. The van der Waals surface area contributed by atoms with Crippen LogP contribution >= 0.6 is 15.9 Å². The van der Waals surface area contributed by atoms with E-state index in [0.717, 1.165) is 25.7 Å². The molecule has 0 amide bonds. The van der Waals surface area contributed by atoms with Crippen LogP contribution < -0.4 is 4.89 Å². The lowest BCUT2D eigenvalue weighted by atomic mass is 9.89. The average Bonchev–Trinajstić information content (AvgIpc) is 2.36. The van der Waals surface area contributed by atoms with Gasteiger partial charge in [-0.3, -0.25) is 9.78 Å². The highest BCUT2D eigenvalue weighted by atomic mass is 79.9. The maximum atomic E-state index is 13.1. The second kappa shape index (κ2) is 6.18. The van der Waals surface area contributed by atoms with E-state index in [9.17, 15) is 9.18 Å². The lowest BCUT2D eigenvalue weighted by molar-refractivity contribution is -0.219. The second-order valence-electron chi connectivity index (χ2n) is 4.43. The third-order valence-electron chi connectivity index (χ3n) is 2.99. The molecule has 1 aromatic rings. The Hall–Kier alpha value is -1.10. The minimum atomic E-state index is -0.451. The Kier molecular flexibility index (Phi) is 4.58. The molecular formula is C13H14BrFO3. The Morgan fingerprint density at radius 1 is 1.22 bits per heavy atom. The fraction of sp³-hybridized carbons (Fsp3) is 0.462. The lowest BCUT2D eigenvalue weighted by Crippen LogP contribution is -2.21. The first kappa shape index (κ1) is 13.3. The summed E-state index contributed by atoms with van der Waals surface area (Å²) in [6, 6.07) is 4.01. The zero-order valence-electron chi connectivity index (χ0n) is 9.83. The zero-order valence-corrected chi connectivity index (χ0v) is 11.4. The van der Waals surface area contributed by atoms with Crippen molar-refractivity contribution in [2.45, 2.75) is 32.1 Å². The topological polar surface area (TPSA) is 35.5 Å². The van der Waals surface area contributed by atoms with E-state index in [1.54, 1.807) is 0 Å². The summed E-state index contributed by atoms with van der Waals surface area (Å²) in [5.74, 6) is -0.732. The van der Waals surface area contributed by atoms with Crippen LogP contribution in [0.4, 0.5) is 4.39 Å². The molecule has 0 aromatic heterocycles. The molecule has 0 bridgehead atoms. The highest BCUT2D eigenvalue weighted by Gasteiger charge is 2.23. The largest absolute Gasteiger partial charge is 0.358 e. The maximum absolute atomic E-state index is 13.1. The monoisotopic (exact) mass is 316 g/mol. The van der Waals surface area contributed by atoms with Crippen molar-refractivity contribution in [3.63, 3.8) is 0 Å². The molecule has 3 nitrogen and oxygen atoms in total. The predicted molar refractivity (Wildman–Crippen MR) is 67.4 cm³/mol. The van der Waals surface area contributed by atoms with Gasteiger partial charge in [0.2, 0.25) is 0 Å². The van der Waals surface area contributed by atoms with Crippen LogP contribution in [0.25, 0.3) is 0 Å². The molecule has 18 heavy (non-hydrogen) atoms. The standard InChI is InChI=1S/C13H14BrFO3/c14-10-6-11(15)8-12(7-10)17-18-13(16)9-4-2-1-3-5-9/h6-9H,1-5H2. The molecule has 0 aliphatic heterocycles. The van der Waals surface area contributed by atoms with Gasteiger partial charge in [0.25, 0.3) is 0 Å². The minimum Gasteiger partial charge on any atom is -0.287 e. The first-order valence-electron chi connectivity index (χ1n) is 5.99. The number of rotatable bonds is 3. The van der Waals surface area contributed by atoms with Crippen molar-refractivity contribution < 1.29 is 19.0 Å². The zero-order chi connectivity index (χ0) is 13.0. The van der Waals surface area contributed by atoms with Crippen molar-refractivity contribution in [2.24, 2.45) is 5.92 Å². The van der Waals surface area contributed by atoms with E-state index < -0.39 is 5.82 Å². The van der Waals surface area contributed by atoms with Crippen LogP contribution in [-0.4, -0.2) is 5.97 Å². The highest BCUT2D eigenvalue weighted by molar-refractivity contribution is 9.10. The van der Waals surface area contributed by atoms with Gasteiger partial charge in [0.1, 0.15) is 5.82 Å². The van der Waals surface area contributed by atoms with E-state index in [1.807, 2.05) is 0 Å². The van der Waals surface area contributed by atoms with Crippen LogP contribution in [0.1, 0.15) is 32.1 Å². The fourth-order valence-corrected chi connectivity index (χ4v) is 2.52. The van der Waals surface area contributed by atoms with Crippen LogP contribution in [-0.2, 0) is 9.68 Å². The van der Waals surface area contributed by atoms with Gasteiger partial charge in [-0.15, -0.1) is 0 Å². The molecule has 0 heterocycles. The van der Waals surface area contributed by atoms with Crippen molar-refractivity contribution >= 4 is 21.9 Å². The summed E-state index contributed by atoms with van der Waals surface area (Å²) in [6.45, 7) is 0. The quantitative estimate of drug-likeness (QED) is 0.624. The molecule has 2 rings (SSSR count). The van der Waals surface area contributed by atoms with Crippen molar-refractivity contribution in [3.8, 4) is 5.75 Å². The van der Waals surface area contributed by atoms with Crippen molar-refractivity contribution in [1.82, 2.24) is 0 Å². The van der Waals surface area contributed by atoms with Gasteiger partial charge in [0.15, 0.2) is 5.75 Å². The van der Waals surface area contributed by atoms with E-state index in [-0.39, 0.29) is 17.6 Å². The van der Waals surface area contributed by atoms with E-state index >= 15 is 0 Å². The van der Waals surface area contributed by atoms with Gasteiger partial charge in [-0.25, -0.2) is 9.18 Å². The van der Waals surface area contributed by atoms with Crippen LogP contribution in [0.3, 0.4) is 0 Å². The van der Waals surface area contributed by atoms with Gasteiger partial charge in [0.05, 0.1) is 5.92 Å². The summed E-state index contributed by atoms with van der Waals surface area (Å²) in [6.07, 6.45) is 4.95. The molecule has 0 unspecified atom stereocenters. The molecule has 5 heteroatoms. The highest BCUT2D eigenvalue weighted by Crippen LogP contribution is 2.26. The number of carbonyl (C=O) groups is 1. The van der Waals surface area contributed by atoms with Crippen LogP contribution in [0.15, 0.2) is 22.7 Å². The van der Waals surface area contributed by atoms with Crippen LogP contribution in [0.5, 0.6) is 5.75 Å². The Balaban J connectivity index is 1.88. The molecule has 1 aromatic carbocycles. The third kappa shape index (κ3) is 3.70. The minimum absolute atomic E-state index is 0.0873. The molecule has 0 atom stereocenters. The van der Waals surface area contributed by atoms with Crippen molar-refractivity contribution in [2.75, 3.05) is 0 Å². The molecule has 0 N–H and O–H groups in total. The Labute approximate surface area is 113 Å². The van der Waals surface area contributed by atoms with Gasteiger partial charge in [-0.2, -0.15) is 0 Å². The summed E-state index contributed by atoms with van der Waals surface area (Å²) >= 11 is 3.14. The molecule has 0 spiro atoms. The Morgan fingerprint density at radius 2 is 1.94 bits per heavy atom. The van der Waals surface area contributed by atoms with Gasteiger partial charge < -0.3 is 0 Å². The second-order valence-corrected chi connectivity index (χ2v) is 5.34. The molecule has 0 saturated heterocycles. The molecule has 1 aliphatic rings. The van der Waals surface area contributed by atoms with Gasteiger partial charge in [0, 0.05) is 10.5 Å². The number of hydrogen-bond donors (Lipinski definition) is 0. The van der Waals surface area contributed by atoms with E-state index in [4.69, 9.17) is 9.78 Å². The Bertz CT molecular complexity index is 410. The molecule has 98 valence electrons. The first-order chi connectivity index (χ1) is 8.65. The summed E-state index contributed by atoms with van der Waals surface area (Å²) in [5, 5.41) is 0. The van der Waals surface area contributed by atoms with Crippen LogP contribution in [0.2, 0.25) is 0 Å². The summed E-state index contributed by atoms with van der Waals surface area (Å²) in [4.78, 5) is 21.3. The van der Waals surface area contributed by atoms with Gasteiger partial charge in [-0.05, 0) is 25.0 Å². The lowest BCUT2D eigenvalue weighted by Gasteiger charge is -2.18. The third-order valence-corrected chi connectivity index (χ3v) is 3.45. The molecule has 1 aliphatic carbocycles. The van der Waals surface area contributed by atoms with E-state index in [0.29, 0.717) is 4.47 Å². The summed E-state index contributed by atoms with van der Waals surface area (Å²) in [7, 11) is 0. The number of carbonyl (C=O) groups excluding carboxylic acids is 1. The van der Waals surface area contributed by atoms with E-state index in [1.165, 1.54) is 24.6 Å². The fourth-order valence-electron chi connectivity index (χ4n) is 2.07. The maximum Gasteiger partial charge on any atom is 0.358 e. The number of hydrogen-bond acceptors (Lipinski definition) is 3. The van der Waals surface area contributed by atoms with Gasteiger partial charge in [-0.1, -0.05) is 35.2 Å². The van der Waals surface area contributed by atoms with Gasteiger partial charge >= 0.3 is 5.97 Å². The number of halogens is 2. The SMILES string of the molecule is O=C(OOc1cc(F)cc(Br)c1)C1CCCCC1. The molecular weight excluding hydrogens is 303 g/mol. The normalized spacial score (nSPS) is 16.3. The van der Waals surface area contributed by atoms with Crippen molar-refractivity contribution in [1.29, 1.82) is 0 Å². The van der Waals surface area contributed by atoms with E-state index in [2.05, 4.69) is 15.9 Å². The summed E-state index contributed by atoms with van der Waals surface area (Å²) < 4.78 is 13.6. The molecule has 0 radical (unpaired) electrons. The number of benzene rings is 1. The summed E-state index contributed by atoms with van der Waals surface area (Å²) in [5.41, 5.74) is 0.